The molecule has 0 radical (unpaired) electrons. The highest BCUT2D eigenvalue weighted by molar-refractivity contribution is 6.02. The summed E-state index contributed by atoms with van der Waals surface area (Å²) in [6, 6.07) is 3.81. The number of amides is 2. The summed E-state index contributed by atoms with van der Waals surface area (Å²) in [5, 5.41) is 11.0. The fourth-order valence-electron chi connectivity index (χ4n) is 5.99. The normalized spacial score (nSPS) is 27.8. The highest BCUT2D eigenvalue weighted by Gasteiger charge is 2.33. The van der Waals surface area contributed by atoms with Crippen LogP contribution in [0.1, 0.15) is 62.1 Å². The second-order valence-corrected chi connectivity index (χ2v) is 10.2. The Kier molecular flexibility index (Phi) is 6.22. The van der Waals surface area contributed by atoms with Gasteiger partial charge in [0.2, 0.25) is 11.8 Å². The molecule has 33 heavy (non-hydrogen) atoms. The Morgan fingerprint density at radius 3 is 2.67 bits per heavy atom. The van der Waals surface area contributed by atoms with Crippen LogP contribution in [0, 0.1) is 17.7 Å². The van der Waals surface area contributed by atoms with Crippen molar-refractivity contribution in [2.24, 2.45) is 18.9 Å². The maximum Gasteiger partial charge on any atom is 0.235 e. The van der Waals surface area contributed by atoms with E-state index in [1.54, 1.807) is 11.7 Å². The predicted octanol–water partition coefficient (Wildman–Crippen LogP) is 2.66. The van der Waals surface area contributed by atoms with Gasteiger partial charge < -0.3 is 10.2 Å². The van der Waals surface area contributed by atoms with Crippen LogP contribution in [0.4, 0.5) is 4.39 Å². The molecule has 0 saturated carbocycles. The van der Waals surface area contributed by atoms with Crippen molar-refractivity contribution in [2.75, 3.05) is 32.7 Å². The molecular weight excluding hydrogens is 421 g/mol. The second kappa shape index (κ2) is 9.14. The lowest BCUT2D eigenvalue weighted by atomic mass is 9.85. The molecule has 5 rings (SSSR count). The lowest BCUT2D eigenvalue weighted by Crippen LogP contribution is -2.43. The van der Waals surface area contributed by atoms with Crippen molar-refractivity contribution in [3.8, 4) is 0 Å². The van der Waals surface area contributed by atoms with Gasteiger partial charge in [-0.15, -0.1) is 0 Å². The largest absolute Gasteiger partial charge is 0.316 e. The number of nitrogens with zero attached hydrogens (tertiary/aromatic N) is 3. The van der Waals surface area contributed by atoms with Crippen LogP contribution in [0.25, 0.3) is 10.9 Å². The number of hydrogen-bond donors (Lipinski definition) is 2. The molecule has 2 N–H and O–H groups in total. The second-order valence-electron chi connectivity index (χ2n) is 10.2. The number of rotatable bonds is 4. The fourth-order valence-corrected chi connectivity index (χ4v) is 5.99. The minimum atomic E-state index is -0.516. The molecular formula is C25H34FN5O2. The summed E-state index contributed by atoms with van der Waals surface area (Å²) in [5.74, 6) is 0.321. The average Bonchev–Trinajstić information content (AvgIpc) is 3.13. The van der Waals surface area contributed by atoms with Crippen molar-refractivity contribution in [3.05, 3.63) is 29.2 Å². The Bertz CT molecular complexity index is 1060. The van der Waals surface area contributed by atoms with E-state index in [1.807, 2.05) is 12.1 Å². The van der Waals surface area contributed by atoms with Gasteiger partial charge in [-0.05, 0) is 75.2 Å². The van der Waals surface area contributed by atoms with Crippen LogP contribution in [0.15, 0.2) is 12.1 Å². The summed E-state index contributed by atoms with van der Waals surface area (Å²) in [6.07, 6.45) is 3.85. The van der Waals surface area contributed by atoms with Crippen LogP contribution in [0.2, 0.25) is 0 Å². The van der Waals surface area contributed by atoms with Crippen molar-refractivity contribution in [3.63, 3.8) is 0 Å². The standard InChI is InChI=1S/C25H34FN5O2/c1-15-13-27-10-7-17(15)14-31-11-8-16(9-12-31)18-3-4-19-23(29-30(2)24(19)22(18)26)20-5-6-21(32)28-25(20)33/h3-4,15-17,20,27H,5-14H2,1-2H3,(H,28,32,33)/t15-,17+,20?/m0/s1. The smallest absolute Gasteiger partial charge is 0.235 e. The van der Waals surface area contributed by atoms with Gasteiger partial charge >= 0.3 is 0 Å². The number of carbonyl (C=O) groups excluding carboxylic acids is 2. The number of aryl methyl sites for hydroxylation is 1. The quantitative estimate of drug-likeness (QED) is 0.693. The highest BCUT2D eigenvalue weighted by Crippen LogP contribution is 2.37. The summed E-state index contributed by atoms with van der Waals surface area (Å²) in [5.41, 5.74) is 1.78. The Morgan fingerprint density at radius 2 is 1.94 bits per heavy atom. The van der Waals surface area contributed by atoms with Crippen LogP contribution in [0.5, 0.6) is 0 Å². The van der Waals surface area contributed by atoms with Gasteiger partial charge in [0, 0.05) is 25.4 Å². The van der Waals surface area contributed by atoms with Crippen molar-refractivity contribution in [1.82, 2.24) is 25.3 Å². The number of nitrogens with one attached hydrogen (secondary N) is 2. The number of fused-ring (bicyclic) bond motifs is 1. The Hall–Kier alpha value is -2.32. The van der Waals surface area contributed by atoms with Crippen LogP contribution in [0.3, 0.4) is 0 Å². The van der Waals surface area contributed by atoms with Crippen LogP contribution >= 0.6 is 0 Å². The number of imide groups is 1. The van der Waals surface area contributed by atoms with E-state index in [4.69, 9.17) is 0 Å². The topological polar surface area (TPSA) is 79.3 Å². The highest BCUT2D eigenvalue weighted by atomic mass is 19.1. The lowest BCUT2D eigenvalue weighted by molar-refractivity contribution is -0.134. The van der Waals surface area contributed by atoms with Crippen molar-refractivity contribution >= 4 is 22.7 Å². The number of likely N-dealkylation sites (tertiary alicyclic amines) is 1. The first-order chi connectivity index (χ1) is 15.9. The van der Waals surface area contributed by atoms with Crippen LogP contribution < -0.4 is 10.6 Å². The van der Waals surface area contributed by atoms with E-state index in [9.17, 15) is 9.59 Å². The molecule has 3 aliphatic heterocycles. The molecule has 0 aliphatic carbocycles. The van der Waals surface area contributed by atoms with E-state index < -0.39 is 5.92 Å². The molecule has 2 amide bonds. The van der Waals surface area contributed by atoms with Gasteiger partial charge in [-0.1, -0.05) is 19.1 Å². The monoisotopic (exact) mass is 455 g/mol. The molecule has 7 nitrogen and oxygen atoms in total. The van der Waals surface area contributed by atoms with Crippen LogP contribution in [-0.2, 0) is 16.6 Å². The van der Waals surface area contributed by atoms with Crippen molar-refractivity contribution < 1.29 is 14.0 Å². The summed E-state index contributed by atoms with van der Waals surface area (Å²) < 4.78 is 17.3. The van der Waals surface area contributed by atoms with Gasteiger partial charge in [0.1, 0.15) is 5.52 Å². The van der Waals surface area contributed by atoms with E-state index in [0.29, 0.717) is 28.9 Å². The molecule has 4 heterocycles. The molecule has 3 aliphatic rings. The molecule has 1 aromatic heterocycles. The van der Waals surface area contributed by atoms with Gasteiger partial charge in [0.05, 0.1) is 11.6 Å². The third-order valence-corrected chi connectivity index (χ3v) is 8.06. The third-order valence-electron chi connectivity index (χ3n) is 8.06. The molecule has 3 saturated heterocycles. The summed E-state index contributed by atoms with van der Waals surface area (Å²) >= 11 is 0. The number of aromatic nitrogens is 2. The average molecular weight is 456 g/mol. The molecule has 3 fully saturated rings. The number of halogens is 1. The molecule has 1 aromatic carbocycles. The summed E-state index contributed by atoms with van der Waals surface area (Å²) in [4.78, 5) is 26.4. The minimum Gasteiger partial charge on any atom is -0.316 e. The summed E-state index contributed by atoms with van der Waals surface area (Å²) in [7, 11) is 1.73. The van der Waals surface area contributed by atoms with Gasteiger partial charge in [0.15, 0.2) is 5.82 Å². The molecule has 178 valence electrons. The van der Waals surface area contributed by atoms with Gasteiger partial charge in [-0.25, -0.2) is 4.39 Å². The van der Waals surface area contributed by atoms with E-state index in [0.717, 1.165) is 57.0 Å². The minimum absolute atomic E-state index is 0.199. The van der Waals surface area contributed by atoms with Crippen molar-refractivity contribution in [1.29, 1.82) is 0 Å². The van der Waals surface area contributed by atoms with E-state index in [1.165, 1.54) is 6.42 Å². The molecule has 0 spiro atoms. The van der Waals surface area contributed by atoms with Gasteiger partial charge in [-0.3, -0.25) is 19.6 Å². The van der Waals surface area contributed by atoms with E-state index in [-0.39, 0.29) is 30.0 Å². The van der Waals surface area contributed by atoms with E-state index in [2.05, 4.69) is 27.6 Å². The molecule has 8 heteroatoms. The predicted molar refractivity (Wildman–Crippen MR) is 124 cm³/mol. The number of carbonyl (C=O) groups is 2. The number of benzene rings is 1. The zero-order chi connectivity index (χ0) is 23.1. The lowest BCUT2D eigenvalue weighted by Gasteiger charge is -2.38. The summed E-state index contributed by atoms with van der Waals surface area (Å²) in [6.45, 7) is 7.72. The Balaban J connectivity index is 1.32. The molecule has 2 aromatic rings. The number of piperidine rings is 3. The van der Waals surface area contributed by atoms with Gasteiger partial charge in [0.25, 0.3) is 0 Å². The zero-order valence-corrected chi connectivity index (χ0v) is 19.6. The van der Waals surface area contributed by atoms with E-state index >= 15 is 4.39 Å². The fraction of sp³-hybridized carbons (Fsp3) is 0.640. The molecule has 1 unspecified atom stereocenters. The third kappa shape index (κ3) is 4.30. The van der Waals surface area contributed by atoms with Gasteiger partial charge in [-0.2, -0.15) is 5.10 Å². The molecule has 0 bridgehead atoms. The number of hydrogen-bond acceptors (Lipinski definition) is 5. The first kappa shape index (κ1) is 22.5. The van der Waals surface area contributed by atoms with Crippen LogP contribution in [-0.4, -0.2) is 59.2 Å². The maximum absolute atomic E-state index is 15.7. The SMILES string of the molecule is C[C@H]1CNCC[C@@H]1CN1CCC(c2ccc3c(C4CCC(=O)NC4=O)nn(C)c3c2F)CC1. The zero-order valence-electron chi connectivity index (χ0n) is 19.6. The Morgan fingerprint density at radius 1 is 1.15 bits per heavy atom. The maximum atomic E-state index is 15.7. The first-order valence-electron chi connectivity index (χ1n) is 12.3. The van der Waals surface area contributed by atoms with Crippen molar-refractivity contribution in [2.45, 2.75) is 50.9 Å². The molecule has 3 atom stereocenters. The Labute approximate surface area is 194 Å². The first-order valence-corrected chi connectivity index (χ1v) is 12.3.